The van der Waals surface area contributed by atoms with Crippen molar-refractivity contribution in [3.8, 4) is 11.1 Å². The summed E-state index contributed by atoms with van der Waals surface area (Å²) in [7, 11) is 0. The molecule has 0 saturated heterocycles. The second-order valence-corrected chi connectivity index (χ2v) is 9.91. The molecule has 2 amide bonds. The molecular formula is C28H32N2O5. The monoisotopic (exact) mass is 476 g/mol. The van der Waals surface area contributed by atoms with Crippen molar-refractivity contribution in [2.45, 2.75) is 62.9 Å². The maximum Gasteiger partial charge on any atom is 0.407 e. The van der Waals surface area contributed by atoms with Gasteiger partial charge in [-0.25, -0.2) is 4.79 Å². The molecule has 5 rings (SSSR count). The summed E-state index contributed by atoms with van der Waals surface area (Å²) in [5, 5.41) is 12.3. The number of fused-ring (bicyclic) bond motifs is 3. The van der Waals surface area contributed by atoms with Gasteiger partial charge in [-0.3, -0.25) is 9.59 Å². The van der Waals surface area contributed by atoms with Crippen LogP contribution in [-0.4, -0.2) is 53.2 Å². The van der Waals surface area contributed by atoms with Gasteiger partial charge in [0.15, 0.2) is 0 Å². The molecule has 2 aromatic carbocycles. The quantitative estimate of drug-likeness (QED) is 0.572. The van der Waals surface area contributed by atoms with Gasteiger partial charge in [-0.05, 0) is 47.9 Å². The number of carboxylic acid groups (broad SMARTS) is 1. The van der Waals surface area contributed by atoms with Crippen molar-refractivity contribution >= 4 is 18.0 Å². The minimum Gasteiger partial charge on any atom is -0.480 e. The topological polar surface area (TPSA) is 95.9 Å². The van der Waals surface area contributed by atoms with Crippen LogP contribution in [-0.2, 0) is 14.3 Å². The van der Waals surface area contributed by atoms with E-state index in [1.807, 2.05) is 24.3 Å². The maximum absolute atomic E-state index is 13.4. The standard InChI is InChI=1S/C28H32N2O5/c31-26(32)16-30(18-14-15-18)27(33)23-12-2-1-3-13-25(23)29-28(34)35-17-24-21-10-6-4-8-19(21)20-9-5-7-11-22(20)24/h4-11,18,23-25H,1-3,12-17H2,(H,29,34)(H,31,32)/t23-,25+/m0/s1. The number of nitrogens with one attached hydrogen (secondary N) is 1. The Morgan fingerprint density at radius 2 is 1.51 bits per heavy atom. The van der Waals surface area contributed by atoms with Gasteiger partial charge in [0, 0.05) is 18.0 Å². The summed E-state index contributed by atoms with van der Waals surface area (Å²) < 4.78 is 5.73. The fraction of sp³-hybridized carbons (Fsp3) is 0.464. The Morgan fingerprint density at radius 3 is 2.14 bits per heavy atom. The van der Waals surface area contributed by atoms with E-state index in [4.69, 9.17) is 4.74 Å². The second-order valence-electron chi connectivity index (χ2n) is 9.91. The normalized spacial score (nSPS) is 21.4. The molecule has 184 valence electrons. The van der Waals surface area contributed by atoms with Gasteiger partial charge in [-0.15, -0.1) is 0 Å². The predicted octanol–water partition coefficient (Wildman–Crippen LogP) is 4.55. The lowest BCUT2D eigenvalue weighted by atomic mass is 9.93. The van der Waals surface area contributed by atoms with Crippen LogP contribution >= 0.6 is 0 Å². The number of rotatable bonds is 7. The van der Waals surface area contributed by atoms with Crippen molar-refractivity contribution < 1.29 is 24.2 Å². The van der Waals surface area contributed by atoms with Crippen LogP contribution in [0.25, 0.3) is 11.1 Å². The molecule has 0 spiro atoms. The highest BCUT2D eigenvalue weighted by Gasteiger charge is 2.40. The van der Waals surface area contributed by atoms with Gasteiger partial charge in [0.05, 0.1) is 5.92 Å². The molecule has 0 aromatic heterocycles. The molecule has 2 saturated carbocycles. The lowest BCUT2D eigenvalue weighted by Gasteiger charge is -2.30. The first kappa shape index (κ1) is 23.4. The Morgan fingerprint density at radius 1 is 0.886 bits per heavy atom. The highest BCUT2D eigenvalue weighted by molar-refractivity contribution is 5.85. The minimum absolute atomic E-state index is 0.0111. The van der Waals surface area contributed by atoms with Crippen molar-refractivity contribution in [3.05, 3.63) is 59.7 Å². The SMILES string of the molecule is O=C(O)CN(C(=O)[C@H]1CCCCC[C@H]1NC(=O)OCC1c2ccccc2-c2ccccc21)C1CC1. The molecule has 2 atom stereocenters. The first-order valence-electron chi connectivity index (χ1n) is 12.7. The summed E-state index contributed by atoms with van der Waals surface area (Å²) in [6, 6.07) is 16.1. The number of benzene rings is 2. The van der Waals surface area contributed by atoms with E-state index < -0.39 is 18.0 Å². The van der Waals surface area contributed by atoms with Crippen LogP contribution in [0.1, 0.15) is 62.0 Å². The third-order valence-electron chi connectivity index (χ3n) is 7.56. The van der Waals surface area contributed by atoms with Gasteiger partial charge in [0.2, 0.25) is 5.91 Å². The first-order chi connectivity index (χ1) is 17.0. The predicted molar refractivity (Wildman–Crippen MR) is 131 cm³/mol. The zero-order chi connectivity index (χ0) is 24.4. The molecule has 2 fully saturated rings. The minimum atomic E-state index is -1.00. The Labute approximate surface area is 205 Å². The molecule has 3 aliphatic carbocycles. The molecule has 7 nitrogen and oxygen atoms in total. The summed E-state index contributed by atoms with van der Waals surface area (Å²) in [5.74, 6) is -1.60. The number of amides is 2. The average molecular weight is 477 g/mol. The third kappa shape index (κ3) is 5.04. The van der Waals surface area contributed by atoms with Gasteiger partial charge in [0.1, 0.15) is 13.2 Å². The van der Waals surface area contributed by atoms with Crippen LogP contribution < -0.4 is 5.32 Å². The smallest absolute Gasteiger partial charge is 0.407 e. The number of hydrogen-bond acceptors (Lipinski definition) is 4. The van der Waals surface area contributed by atoms with Crippen LogP contribution in [0, 0.1) is 5.92 Å². The van der Waals surface area contributed by atoms with Gasteiger partial charge in [-0.2, -0.15) is 0 Å². The van der Waals surface area contributed by atoms with Crippen molar-refractivity contribution in [1.29, 1.82) is 0 Å². The Hall–Kier alpha value is -3.35. The molecule has 0 bridgehead atoms. The summed E-state index contributed by atoms with van der Waals surface area (Å²) in [4.78, 5) is 39.1. The number of hydrogen-bond donors (Lipinski definition) is 2. The van der Waals surface area contributed by atoms with E-state index >= 15 is 0 Å². The van der Waals surface area contributed by atoms with Crippen LogP contribution in [0.4, 0.5) is 4.79 Å². The zero-order valence-electron chi connectivity index (χ0n) is 19.8. The number of carboxylic acids is 1. The number of carbonyl (C=O) groups is 3. The van der Waals surface area contributed by atoms with E-state index in [0.29, 0.717) is 12.8 Å². The first-order valence-corrected chi connectivity index (χ1v) is 12.7. The summed E-state index contributed by atoms with van der Waals surface area (Å²) in [5.41, 5.74) is 4.64. The molecule has 0 aliphatic heterocycles. The van der Waals surface area contributed by atoms with Gasteiger partial charge in [0.25, 0.3) is 0 Å². The fourth-order valence-electron chi connectivity index (χ4n) is 5.70. The second kappa shape index (κ2) is 10.1. The van der Waals surface area contributed by atoms with Crippen molar-refractivity contribution in [2.75, 3.05) is 13.2 Å². The van der Waals surface area contributed by atoms with E-state index in [0.717, 1.165) is 43.2 Å². The number of carbonyl (C=O) groups excluding carboxylic acids is 2. The van der Waals surface area contributed by atoms with Crippen LogP contribution in [0.2, 0.25) is 0 Å². The molecule has 0 heterocycles. The number of nitrogens with zero attached hydrogens (tertiary/aromatic N) is 1. The summed E-state index contributed by atoms with van der Waals surface area (Å²) >= 11 is 0. The molecule has 2 N–H and O–H groups in total. The van der Waals surface area contributed by atoms with E-state index in [1.165, 1.54) is 16.0 Å². The zero-order valence-corrected chi connectivity index (χ0v) is 19.8. The summed E-state index contributed by atoms with van der Waals surface area (Å²) in [6.45, 7) is -0.0595. The lowest BCUT2D eigenvalue weighted by Crippen LogP contribution is -2.49. The van der Waals surface area contributed by atoms with E-state index in [-0.39, 0.29) is 37.1 Å². The van der Waals surface area contributed by atoms with Crippen molar-refractivity contribution in [1.82, 2.24) is 10.2 Å². The number of aliphatic carboxylic acids is 1. The number of alkyl carbamates (subject to hydrolysis) is 1. The van der Waals surface area contributed by atoms with Gasteiger partial charge < -0.3 is 20.1 Å². The molecular weight excluding hydrogens is 444 g/mol. The molecule has 35 heavy (non-hydrogen) atoms. The highest BCUT2D eigenvalue weighted by atomic mass is 16.5. The van der Waals surface area contributed by atoms with E-state index in [1.54, 1.807) is 0 Å². The largest absolute Gasteiger partial charge is 0.480 e. The third-order valence-corrected chi connectivity index (χ3v) is 7.56. The Bertz CT molecular complexity index is 1070. The van der Waals surface area contributed by atoms with E-state index in [2.05, 4.69) is 29.6 Å². The van der Waals surface area contributed by atoms with Gasteiger partial charge >= 0.3 is 12.1 Å². The molecule has 0 radical (unpaired) electrons. The maximum atomic E-state index is 13.4. The Kier molecular flexibility index (Phi) is 6.75. The van der Waals surface area contributed by atoms with Gasteiger partial charge in [-0.1, -0.05) is 67.8 Å². The molecule has 0 unspecified atom stereocenters. The van der Waals surface area contributed by atoms with Crippen LogP contribution in [0.15, 0.2) is 48.5 Å². The molecule has 2 aromatic rings. The molecule has 7 heteroatoms. The summed E-state index contributed by atoms with van der Waals surface area (Å²) in [6.07, 6.45) is 5.31. The molecule has 3 aliphatic rings. The fourth-order valence-corrected chi connectivity index (χ4v) is 5.70. The number of ether oxygens (including phenoxy) is 1. The van der Waals surface area contributed by atoms with Crippen LogP contribution in [0.3, 0.4) is 0 Å². The van der Waals surface area contributed by atoms with Crippen LogP contribution in [0.5, 0.6) is 0 Å². The average Bonchev–Trinajstić information content (AvgIpc) is 3.67. The Balaban J connectivity index is 1.26. The van der Waals surface area contributed by atoms with Crippen molar-refractivity contribution in [2.24, 2.45) is 5.92 Å². The lowest BCUT2D eigenvalue weighted by molar-refractivity contribution is -0.147. The van der Waals surface area contributed by atoms with Crippen molar-refractivity contribution in [3.63, 3.8) is 0 Å². The van der Waals surface area contributed by atoms with E-state index in [9.17, 15) is 19.5 Å². The highest BCUT2D eigenvalue weighted by Crippen LogP contribution is 2.44.